The van der Waals surface area contributed by atoms with Crippen LogP contribution in [-0.2, 0) is 6.54 Å². The number of alkyl halides is 1. The van der Waals surface area contributed by atoms with Gasteiger partial charge >= 0.3 is 0 Å². The van der Waals surface area contributed by atoms with Crippen LogP contribution in [-0.4, -0.2) is 69.8 Å². The lowest BCUT2D eigenvalue weighted by molar-refractivity contribution is 0.0946. The highest BCUT2D eigenvalue weighted by Crippen LogP contribution is 2.29. The number of fused-ring (bicyclic) bond motifs is 1. The highest BCUT2D eigenvalue weighted by atomic mass is 32.1. The maximum Gasteiger partial charge on any atom is 0.270 e. The van der Waals surface area contributed by atoms with Crippen LogP contribution in [0.3, 0.4) is 0 Å². The van der Waals surface area contributed by atoms with Crippen LogP contribution in [0.25, 0.3) is 16.2 Å². The van der Waals surface area contributed by atoms with E-state index in [9.17, 15) is 9.18 Å². The molecule has 0 aliphatic carbocycles. The number of nitrogens with one attached hydrogen (secondary N) is 1. The number of nitrogens with zero attached hydrogens (tertiary/aromatic N) is 7. The molecule has 4 aromatic rings. The van der Waals surface area contributed by atoms with E-state index >= 15 is 0 Å². The molecule has 5 rings (SSSR count). The van der Waals surface area contributed by atoms with E-state index in [4.69, 9.17) is 10.4 Å². The molecule has 1 N–H and O–H groups in total. The van der Waals surface area contributed by atoms with Gasteiger partial charge in [0.15, 0.2) is 5.65 Å². The van der Waals surface area contributed by atoms with Gasteiger partial charge in [-0.1, -0.05) is 12.1 Å². The number of anilines is 1. The summed E-state index contributed by atoms with van der Waals surface area (Å²) >= 11 is 1.49. The molecular formula is C25H25FN8OS. The van der Waals surface area contributed by atoms with E-state index < -0.39 is 6.67 Å². The number of halogens is 1. The Bertz CT molecular complexity index is 1440. The summed E-state index contributed by atoms with van der Waals surface area (Å²) in [4.78, 5) is 27.1. The average Bonchev–Trinajstić information content (AvgIpc) is 3.52. The molecule has 0 unspecified atom stereocenters. The fraction of sp³-hybridized carbons (Fsp3) is 0.320. The van der Waals surface area contributed by atoms with Gasteiger partial charge in [0, 0.05) is 38.3 Å². The van der Waals surface area contributed by atoms with Crippen molar-refractivity contribution in [3.8, 4) is 16.6 Å². The highest BCUT2D eigenvalue weighted by Gasteiger charge is 2.29. The molecule has 9 nitrogen and oxygen atoms in total. The molecule has 1 aliphatic rings. The van der Waals surface area contributed by atoms with Crippen LogP contribution >= 0.6 is 11.3 Å². The first-order valence-electron chi connectivity index (χ1n) is 11.6. The molecule has 1 aliphatic heterocycles. The van der Waals surface area contributed by atoms with Gasteiger partial charge in [0.25, 0.3) is 5.91 Å². The Morgan fingerprint density at radius 3 is 2.78 bits per heavy atom. The number of aryl methyl sites for hydroxylation is 1. The maximum absolute atomic E-state index is 14.1. The zero-order valence-corrected chi connectivity index (χ0v) is 20.8. The third-order valence-electron chi connectivity index (χ3n) is 6.31. The van der Waals surface area contributed by atoms with Gasteiger partial charge in [-0.05, 0) is 31.7 Å². The zero-order chi connectivity index (χ0) is 25.2. The van der Waals surface area contributed by atoms with E-state index in [1.807, 2.05) is 24.9 Å². The number of carbonyl (C=O) groups is 1. The SMILES string of the molecule is Cc1ncsc1-c1cc2nc(C(=O)NCc3ccc(C#N)cc3)cc(N3CCN(C)C[C@H]3CF)n2n1. The van der Waals surface area contributed by atoms with Gasteiger partial charge in [-0.2, -0.15) is 14.9 Å². The second-order valence-corrected chi connectivity index (χ2v) is 9.68. The second kappa shape index (κ2) is 10.0. The van der Waals surface area contributed by atoms with Crippen LogP contribution in [0.15, 0.2) is 41.9 Å². The van der Waals surface area contributed by atoms with Crippen LogP contribution in [0.2, 0.25) is 0 Å². The standard InChI is InChI=1S/C25H25FN8OS/c1-16-24(36-15-29-16)20-9-22-30-21(25(35)28-13-18-5-3-17(12-27)4-6-18)10-23(34(22)31-20)33-8-7-32(2)14-19(33)11-26/h3-6,9-10,15,19H,7-8,11,13-14H2,1-2H3,(H,28,35)/t19-/m1/s1. The number of hydrogen-bond acceptors (Lipinski definition) is 8. The quantitative estimate of drug-likeness (QED) is 0.431. The lowest BCUT2D eigenvalue weighted by atomic mass is 10.1. The minimum atomic E-state index is -0.517. The number of nitriles is 1. The first kappa shape index (κ1) is 23.8. The van der Waals surface area contributed by atoms with Crippen molar-refractivity contribution in [2.75, 3.05) is 38.3 Å². The molecule has 0 radical (unpaired) electrons. The van der Waals surface area contributed by atoms with Crippen molar-refractivity contribution in [1.29, 1.82) is 5.26 Å². The van der Waals surface area contributed by atoms with E-state index in [0.717, 1.165) is 22.7 Å². The largest absolute Gasteiger partial charge is 0.348 e. The summed E-state index contributed by atoms with van der Waals surface area (Å²) < 4.78 is 15.8. The monoisotopic (exact) mass is 504 g/mol. The van der Waals surface area contributed by atoms with E-state index in [0.29, 0.717) is 42.4 Å². The number of carbonyl (C=O) groups excluding carboxylic acids is 1. The molecule has 1 fully saturated rings. The normalized spacial score (nSPS) is 16.3. The van der Waals surface area contributed by atoms with Crippen LogP contribution in [0.5, 0.6) is 0 Å². The second-order valence-electron chi connectivity index (χ2n) is 8.82. The molecule has 1 saturated heterocycles. The highest BCUT2D eigenvalue weighted by molar-refractivity contribution is 7.13. The summed E-state index contributed by atoms with van der Waals surface area (Å²) in [5, 5.41) is 16.7. The molecular weight excluding hydrogens is 479 g/mol. The van der Waals surface area contributed by atoms with Crippen molar-refractivity contribution in [2.45, 2.75) is 19.5 Å². The van der Waals surface area contributed by atoms with E-state index in [1.54, 1.807) is 40.4 Å². The van der Waals surface area contributed by atoms with Crippen LogP contribution < -0.4 is 10.2 Å². The van der Waals surface area contributed by atoms with Crippen molar-refractivity contribution in [1.82, 2.24) is 29.8 Å². The van der Waals surface area contributed by atoms with Crippen LogP contribution in [0.1, 0.15) is 27.3 Å². The van der Waals surface area contributed by atoms with Gasteiger partial charge in [-0.3, -0.25) is 4.79 Å². The van der Waals surface area contributed by atoms with Crippen LogP contribution in [0, 0.1) is 18.3 Å². The molecule has 1 atom stereocenters. The van der Waals surface area contributed by atoms with Crippen molar-refractivity contribution >= 4 is 28.7 Å². The molecule has 0 saturated carbocycles. The Labute approximate surface area is 211 Å². The summed E-state index contributed by atoms with van der Waals surface area (Å²) in [5.41, 5.74) is 5.52. The third-order valence-corrected chi connectivity index (χ3v) is 7.26. The number of rotatable bonds is 6. The number of amides is 1. The predicted octanol–water partition coefficient (Wildman–Crippen LogP) is 3.05. The smallest absolute Gasteiger partial charge is 0.270 e. The van der Waals surface area contributed by atoms with Gasteiger partial charge in [0.1, 0.15) is 23.9 Å². The minimum absolute atomic E-state index is 0.232. The topological polar surface area (TPSA) is 102 Å². The fourth-order valence-corrected chi connectivity index (χ4v) is 5.11. The van der Waals surface area contributed by atoms with E-state index in [2.05, 4.69) is 26.3 Å². The summed E-state index contributed by atoms with van der Waals surface area (Å²) in [6, 6.07) is 12.3. The molecule has 36 heavy (non-hydrogen) atoms. The number of aromatic nitrogens is 4. The van der Waals surface area contributed by atoms with E-state index in [-0.39, 0.29) is 17.6 Å². The van der Waals surface area contributed by atoms with E-state index in [1.165, 1.54) is 11.3 Å². The molecule has 11 heteroatoms. The van der Waals surface area contributed by atoms with Crippen molar-refractivity contribution in [3.05, 3.63) is 64.4 Å². The van der Waals surface area contributed by atoms with Crippen molar-refractivity contribution in [2.24, 2.45) is 0 Å². The lowest BCUT2D eigenvalue weighted by Crippen LogP contribution is -2.53. The van der Waals surface area contributed by atoms with Gasteiger partial charge in [0.2, 0.25) is 0 Å². The van der Waals surface area contributed by atoms with Gasteiger partial charge in [0.05, 0.1) is 33.8 Å². The number of benzene rings is 1. The maximum atomic E-state index is 14.1. The summed E-state index contributed by atoms with van der Waals surface area (Å²) in [6.45, 7) is 3.64. The molecule has 3 aromatic heterocycles. The minimum Gasteiger partial charge on any atom is -0.348 e. The van der Waals surface area contributed by atoms with Crippen molar-refractivity contribution in [3.63, 3.8) is 0 Å². The molecule has 184 valence electrons. The summed E-state index contributed by atoms with van der Waals surface area (Å²) in [7, 11) is 1.97. The molecule has 0 spiro atoms. The number of thiazole rings is 1. The number of hydrogen-bond donors (Lipinski definition) is 1. The van der Waals surface area contributed by atoms with Gasteiger partial charge < -0.3 is 15.1 Å². The van der Waals surface area contributed by atoms with Crippen molar-refractivity contribution < 1.29 is 9.18 Å². The third kappa shape index (κ3) is 4.65. The Morgan fingerprint density at radius 2 is 2.08 bits per heavy atom. The lowest BCUT2D eigenvalue weighted by Gasteiger charge is -2.40. The summed E-state index contributed by atoms with van der Waals surface area (Å²) in [5.74, 6) is 0.290. The zero-order valence-electron chi connectivity index (χ0n) is 20.0. The van der Waals surface area contributed by atoms with Gasteiger partial charge in [-0.25, -0.2) is 14.4 Å². The number of piperazine rings is 1. The molecule has 1 amide bonds. The first-order valence-corrected chi connectivity index (χ1v) is 12.4. The Balaban J connectivity index is 1.51. The average molecular weight is 505 g/mol. The Hall–Kier alpha value is -3.88. The number of likely N-dealkylation sites (N-methyl/N-ethyl adjacent to an activating group) is 1. The Morgan fingerprint density at radius 1 is 1.28 bits per heavy atom. The Kier molecular flexibility index (Phi) is 6.63. The molecule has 1 aromatic carbocycles. The molecule has 0 bridgehead atoms. The first-order chi connectivity index (χ1) is 17.5. The molecule has 4 heterocycles. The van der Waals surface area contributed by atoms with Crippen LogP contribution in [0.4, 0.5) is 10.2 Å². The predicted molar refractivity (Wildman–Crippen MR) is 136 cm³/mol. The van der Waals surface area contributed by atoms with Gasteiger partial charge in [-0.15, -0.1) is 11.3 Å². The fourth-order valence-electron chi connectivity index (χ4n) is 4.35. The summed E-state index contributed by atoms with van der Waals surface area (Å²) in [6.07, 6.45) is 0.